The second-order valence-electron chi connectivity index (χ2n) is 15.9. The Hall–Kier alpha value is -6.75. The molecule has 0 saturated heterocycles. The van der Waals surface area contributed by atoms with Gasteiger partial charge in [-0.3, -0.25) is 0 Å². The molecule has 2 aliphatic heterocycles. The predicted molar refractivity (Wildman–Crippen MR) is 248 cm³/mol. The van der Waals surface area contributed by atoms with E-state index in [1.54, 1.807) is 0 Å². The molecular formula is C55H41N3S. The molecule has 2 atom stereocenters. The van der Waals surface area contributed by atoms with Crippen LogP contribution in [0.1, 0.15) is 29.5 Å². The minimum Gasteiger partial charge on any atom is -0.311 e. The monoisotopic (exact) mass is 775 g/mol. The first kappa shape index (κ1) is 34.3. The molecule has 0 radical (unpaired) electrons. The molecular weight excluding hydrogens is 735 g/mol. The molecule has 0 N–H and O–H groups in total. The van der Waals surface area contributed by atoms with Crippen LogP contribution < -0.4 is 9.80 Å². The number of thioether (sulfide) groups is 1. The van der Waals surface area contributed by atoms with Gasteiger partial charge in [-0.25, -0.2) is 0 Å². The SMILES string of the molecule is C1=CC2Sc3c(ccc4c5ccccc5n(-c5ccc(N(c6ccccc6)c6ccccc6)cc5)c34)C3(c4ccccc4N(C4=CCCC=C4)c4ccccc43)C2C=C1. The second-order valence-corrected chi connectivity index (χ2v) is 17.1. The third kappa shape index (κ3) is 5.09. The standard InChI is InChI=1S/C55H41N3S/c1-4-18-38(19-5-1)56(39-20-6-2-7-21-39)41-32-34-42(35-33-41)58-49-28-14-10-24-43(49)44-36-37-48-54(53(44)58)59-52-31-17-13-27-47(52)55(48)45-25-11-15-29-50(45)57(40-22-8-3-9-23-40)51-30-16-12-26-46(51)55/h1-2,4-8,10-37,47,52H,3,9H2. The van der Waals surface area contributed by atoms with Crippen LogP contribution in [0.5, 0.6) is 0 Å². The Morgan fingerprint density at radius 1 is 0.542 bits per heavy atom. The Morgan fingerprint density at radius 2 is 1.17 bits per heavy atom. The number of para-hydroxylation sites is 5. The van der Waals surface area contributed by atoms with Crippen LogP contribution in [-0.2, 0) is 5.41 Å². The Bertz CT molecular complexity index is 2960. The number of anilines is 5. The zero-order valence-electron chi connectivity index (χ0n) is 32.5. The van der Waals surface area contributed by atoms with Crippen LogP contribution in [0, 0.1) is 5.92 Å². The zero-order chi connectivity index (χ0) is 38.9. The smallest absolute Gasteiger partial charge is 0.0680 e. The molecule has 12 rings (SSSR count). The van der Waals surface area contributed by atoms with Crippen molar-refractivity contribution in [3.05, 3.63) is 235 Å². The number of benzene rings is 7. The fraction of sp³-hybridized carbons (Fsp3) is 0.0909. The summed E-state index contributed by atoms with van der Waals surface area (Å²) in [5.41, 5.74) is 14.5. The van der Waals surface area contributed by atoms with Crippen LogP contribution in [0.25, 0.3) is 27.5 Å². The summed E-state index contributed by atoms with van der Waals surface area (Å²) in [6.07, 6.45) is 18.7. The maximum Gasteiger partial charge on any atom is 0.0680 e. The Balaban J connectivity index is 1.12. The molecule has 4 aliphatic rings. The van der Waals surface area contributed by atoms with Crippen molar-refractivity contribution in [1.82, 2.24) is 4.57 Å². The van der Waals surface area contributed by atoms with Crippen LogP contribution in [0.4, 0.5) is 28.4 Å². The molecule has 7 aromatic carbocycles. The molecule has 0 saturated carbocycles. The molecule has 3 nitrogen and oxygen atoms in total. The lowest BCUT2D eigenvalue weighted by molar-refractivity contribution is 0.438. The maximum atomic E-state index is 2.54. The van der Waals surface area contributed by atoms with E-state index in [9.17, 15) is 0 Å². The number of fused-ring (bicyclic) bond motifs is 12. The molecule has 0 bridgehead atoms. The minimum absolute atomic E-state index is 0.210. The fourth-order valence-electron chi connectivity index (χ4n) is 10.5. The van der Waals surface area contributed by atoms with E-state index in [4.69, 9.17) is 0 Å². The van der Waals surface area contributed by atoms with E-state index in [0.29, 0.717) is 0 Å². The fourth-order valence-corrected chi connectivity index (χ4v) is 12.0. The topological polar surface area (TPSA) is 11.4 Å². The van der Waals surface area contributed by atoms with E-state index in [-0.39, 0.29) is 11.2 Å². The largest absolute Gasteiger partial charge is 0.311 e. The highest BCUT2D eigenvalue weighted by Gasteiger charge is 2.55. The van der Waals surface area contributed by atoms with Gasteiger partial charge in [0.15, 0.2) is 0 Å². The van der Waals surface area contributed by atoms with Crippen molar-refractivity contribution in [1.29, 1.82) is 0 Å². The zero-order valence-corrected chi connectivity index (χ0v) is 33.3. The van der Waals surface area contributed by atoms with Gasteiger partial charge in [0, 0.05) is 55.3 Å². The van der Waals surface area contributed by atoms with Crippen molar-refractivity contribution in [2.45, 2.75) is 28.4 Å². The van der Waals surface area contributed by atoms with Crippen molar-refractivity contribution < 1.29 is 0 Å². The summed E-state index contributed by atoms with van der Waals surface area (Å²) in [5.74, 6) is 0.210. The average molecular weight is 776 g/mol. The van der Waals surface area contributed by atoms with E-state index >= 15 is 0 Å². The number of aromatic nitrogens is 1. The normalized spacial score (nSPS) is 18.3. The molecule has 59 heavy (non-hydrogen) atoms. The van der Waals surface area contributed by atoms with Gasteiger partial charge in [0.25, 0.3) is 0 Å². The van der Waals surface area contributed by atoms with Crippen LogP contribution in [0.3, 0.4) is 0 Å². The second kappa shape index (κ2) is 13.7. The van der Waals surface area contributed by atoms with Gasteiger partial charge in [-0.2, -0.15) is 0 Å². The lowest BCUT2D eigenvalue weighted by Crippen LogP contribution is -2.48. The Kier molecular flexibility index (Phi) is 7.96. The first-order chi connectivity index (χ1) is 29.3. The average Bonchev–Trinajstić information content (AvgIpc) is 3.65. The van der Waals surface area contributed by atoms with Crippen LogP contribution >= 0.6 is 11.8 Å². The molecule has 2 unspecified atom stereocenters. The molecule has 282 valence electrons. The highest BCUT2D eigenvalue weighted by molar-refractivity contribution is 8.00. The molecule has 0 fully saturated rings. The highest BCUT2D eigenvalue weighted by Crippen LogP contribution is 2.65. The number of hydrogen-bond donors (Lipinski definition) is 0. The summed E-state index contributed by atoms with van der Waals surface area (Å²) in [6, 6.07) is 62.8. The van der Waals surface area contributed by atoms with Gasteiger partial charge in [0.1, 0.15) is 0 Å². The molecule has 8 aromatic rings. The first-order valence-electron chi connectivity index (χ1n) is 20.8. The Labute approximate surface area is 349 Å². The third-order valence-corrected chi connectivity index (χ3v) is 14.2. The van der Waals surface area contributed by atoms with Crippen molar-refractivity contribution in [3.63, 3.8) is 0 Å². The van der Waals surface area contributed by atoms with Crippen LogP contribution in [0.2, 0.25) is 0 Å². The lowest BCUT2D eigenvalue weighted by Gasteiger charge is -2.54. The van der Waals surface area contributed by atoms with Crippen molar-refractivity contribution in [2.75, 3.05) is 9.80 Å². The Morgan fingerprint density at radius 3 is 1.86 bits per heavy atom. The van der Waals surface area contributed by atoms with Gasteiger partial charge in [-0.05, 0) is 102 Å². The lowest BCUT2D eigenvalue weighted by atomic mass is 9.57. The molecule has 0 amide bonds. The van der Waals surface area contributed by atoms with Crippen molar-refractivity contribution >= 4 is 62.0 Å². The quantitative estimate of drug-likeness (QED) is 0.173. The number of nitrogens with zero attached hydrogens (tertiary/aromatic N) is 3. The van der Waals surface area contributed by atoms with E-state index in [0.717, 1.165) is 35.6 Å². The van der Waals surface area contributed by atoms with Gasteiger partial charge in [-0.15, -0.1) is 11.8 Å². The number of hydrogen-bond acceptors (Lipinski definition) is 3. The molecule has 3 heterocycles. The highest BCUT2D eigenvalue weighted by atomic mass is 32.2. The maximum absolute atomic E-state index is 2.54. The summed E-state index contributed by atoms with van der Waals surface area (Å²) in [4.78, 5) is 6.21. The van der Waals surface area contributed by atoms with Crippen LogP contribution in [-0.4, -0.2) is 9.82 Å². The summed E-state index contributed by atoms with van der Waals surface area (Å²) in [7, 11) is 0. The molecule has 4 heteroatoms. The number of rotatable bonds is 5. The van der Waals surface area contributed by atoms with Crippen molar-refractivity contribution in [3.8, 4) is 5.69 Å². The van der Waals surface area contributed by atoms with E-state index < -0.39 is 5.41 Å². The van der Waals surface area contributed by atoms with E-state index in [1.165, 1.54) is 60.5 Å². The van der Waals surface area contributed by atoms with Crippen LogP contribution in [0.15, 0.2) is 223 Å². The molecule has 1 spiro atoms. The minimum atomic E-state index is -0.430. The predicted octanol–water partition coefficient (Wildman–Crippen LogP) is 14.5. The van der Waals surface area contributed by atoms with Gasteiger partial charge in [-0.1, -0.05) is 140 Å². The summed E-state index contributed by atoms with van der Waals surface area (Å²) in [6.45, 7) is 0. The van der Waals surface area contributed by atoms with Gasteiger partial charge >= 0.3 is 0 Å². The van der Waals surface area contributed by atoms with Crippen molar-refractivity contribution in [2.24, 2.45) is 5.92 Å². The summed E-state index contributed by atoms with van der Waals surface area (Å²) >= 11 is 2.04. The number of allylic oxidation sites excluding steroid dienone is 6. The molecule has 2 aliphatic carbocycles. The van der Waals surface area contributed by atoms with Gasteiger partial charge in [0.2, 0.25) is 0 Å². The third-order valence-electron chi connectivity index (χ3n) is 12.8. The molecule has 1 aromatic heterocycles. The van der Waals surface area contributed by atoms with E-state index in [2.05, 4.69) is 227 Å². The first-order valence-corrected chi connectivity index (χ1v) is 21.6. The van der Waals surface area contributed by atoms with E-state index in [1.807, 2.05) is 11.8 Å². The van der Waals surface area contributed by atoms with Gasteiger partial charge < -0.3 is 14.4 Å². The summed E-state index contributed by atoms with van der Waals surface area (Å²) in [5, 5.41) is 2.79. The summed E-state index contributed by atoms with van der Waals surface area (Å²) < 4.78 is 2.54. The van der Waals surface area contributed by atoms with Gasteiger partial charge in [0.05, 0.1) is 27.8 Å².